The quantitative estimate of drug-likeness (QED) is 0.723. The Kier molecular flexibility index (Phi) is 4.04. The first-order valence-corrected chi connectivity index (χ1v) is 9.16. The number of hydrogen-bond acceptors (Lipinski definition) is 5. The highest BCUT2D eigenvalue weighted by atomic mass is 19.1. The molecule has 0 saturated carbocycles. The normalized spacial score (nSPS) is 14.6. The lowest BCUT2D eigenvalue weighted by molar-refractivity contribution is 0.0732. The summed E-state index contributed by atoms with van der Waals surface area (Å²) in [6, 6.07) is 11.2. The molecule has 2 aliphatic heterocycles. The molecule has 0 radical (unpaired) electrons. The standard InChI is InChI=1S/C21H16FN3O4/c22-15-4-2-1-3-13(15)19-23-16-7-8-25(10-14(16)20(26)24-19)21(27)12-5-6-17-18(9-12)29-11-28-17/h1-6,9H,7-8,10-11H2,(H,23,24,26). The lowest BCUT2D eigenvalue weighted by atomic mass is 10.0. The first-order chi connectivity index (χ1) is 14.1. The number of aromatic amines is 1. The molecule has 0 aliphatic carbocycles. The summed E-state index contributed by atoms with van der Waals surface area (Å²) in [6.07, 6.45) is 0.414. The van der Waals surface area contributed by atoms with Crippen molar-refractivity contribution in [2.24, 2.45) is 0 Å². The number of nitrogens with zero attached hydrogens (tertiary/aromatic N) is 2. The Balaban J connectivity index is 1.43. The molecule has 1 amide bonds. The van der Waals surface area contributed by atoms with Gasteiger partial charge in [0.25, 0.3) is 11.5 Å². The first-order valence-electron chi connectivity index (χ1n) is 9.16. The molecule has 3 heterocycles. The molecule has 1 N–H and O–H groups in total. The topological polar surface area (TPSA) is 84.5 Å². The van der Waals surface area contributed by atoms with Crippen molar-refractivity contribution in [2.75, 3.05) is 13.3 Å². The van der Waals surface area contributed by atoms with Crippen LogP contribution in [0.25, 0.3) is 11.4 Å². The zero-order valence-electron chi connectivity index (χ0n) is 15.3. The number of carbonyl (C=O) groups excluding carboxylic acids is 1. The number of hydrogen-bond donors (Lipinski definition) is 1. The second-order valence-electron chi connectivity index (χ2n) is 6.86. The van der Waals surface area contributed by atoms with Gasteiger partial charge >= 0.3 is 0 Å². The number of aromatic nitrogens is 2. The van der Waals surface area contributed by atoms with Crippen molar-refractivity contribution in [3.8, 4) is 22.9 Å². The van der Waals surface area contributed by atoms with Crippen LogP contribution in [0.1, 0.15) is 21.6 Å². The fourth-order valence-corrected chi connectivity index (χ4v) is 3.59. The zero-order chi connectivity index (χ0) is 20.0. The molecular weight excluding hydrogens is 377 g/mol. The molecule has 146 valence electrons. The lowest BCUT2D eigenvalue weighted by Gasteiger charge is -2.28. The van der Waals surface area contributed by atoms with E-state index in [0.717, 1.165) is 0 Å². The van der Waals surface area contributed by atoms with Gasteiger partial charge in [0.15, 0.2) is 11.5 Å². The zero-order valence-corrected chi connectivity index (χ0v) is 15.3. The van der Waals surface area contributed by atoms with Crippen LogP contribution in [0.4, 0.5) is 4.39 Å². The van der Waals surface area contributed by atoms with Crippen molar-refractivity contribution >= 4 is 5.91 Å². The summed E-state index contributed by atoms with van der Waals surface area (Å²) in [4.78, 5) is 34.2. The van der Waals surface area contributed by atoms with Crippen LogP contribution in [-0.4, -0.2) is 34.1 Å². The minimum absolute atomic E-state index is 0.134. The number of H-pyrrole nitrogens is 1. The molecule has 1 aromatic heterocycles. The van der Waals surface area contributed by atoms with Gasteiger partial charge in [-0.3, -0.25) is 9.59 Å². The maximum Gasteiger partial charge on any atom is 0.256 e. The second-order valence-corrected chi connectivity index (χ2v) is 6.86. The van der Waals surface area contributed by atoms with Gasteiger partial charge in [0, 0.05) is 18.5 Å². The first kappa shape index (κ1) is 17.4. The Labute approximate surface area is 164 Å². The molecule has 0 atom stereocenters. The van der Waals surface area contributed by atoms with E-state index in [-0.39, 0.29) is 36.2 Å². The summed E-state index contributed by atoms with van der Waals surface area (Å²) in [5.41, 5.74) is 1.35. The number of carbonyl (C=O) groups is 1. The van der Waals surface area contributed by atoms with Gasteiger partial charge in [-0.25, -0.2) is 9.37 Å². The molecule has 0 spiro atoms. The maximum atomic E-state index is 14.1. The van der Waals surface area contributed by atoms with E-state index in [4.69, 9.17) is 9.47 Å². The highest BCUT2D eigenvalue weighted by molar-refractivity contribution is 5.95. The van der Waals surface area contributed by atoms with Crippen LogP contribution in [0, 0.1) is 5.82 Å². The minimum Gasteiger partial charge on any atom is -0.454 e. The predicted octanol–water partition coefficient (Wildman–Crippen LogP) is 2.50. The number of ether oxygens (including phenoxy) is 2. The van der Waals surface area contributed by atoms with E-state index in [9.17, 15) is 14.0 Å². The van der Waals surface area contributed by atoms with Crippen molar-refractivity contribution < 1.29 is 18.7 Å². The second kappa shape index (κ2) is 6.73. The average Bonchev–Trinajstić information content (AvgIpc) is 3.21. The van der Waals surface area contributed by atoms with Crippen LogP contribution >= 0.6 is 0 Å². The van der Waals surface area contributed by atoms with Gasteiger partial charge in [0.05, 0.1) is 23.4 Å². The molecule has 0 unspecified atom stereocenters. The largest absolute Gasteiger partial charge is 0.454 e. The third-order valence-electron chi connectivity index (χ3n) is 5.10. The molecule has 0 saturated heterocycles. The molecule has 0 fully saturated rings. The van der Waals surface area contributed by atoms with E-state index in [2.05, 4.69) is 9.97 Å². The van der Waals surface area contributed by atoms with Crippen LogP contribution in [0.15, 0.2) is 47.3 Å². The van der Waals surface area contributed by atoms with Crippen LogP contribution in [0.2, 0.25) is 0 Å². The van der Waals surface area contributed by atoms with Crippen molar-refractivity contribution in [1.29, 1.82) is 0 Å². The van der Waals surface area contributed by atoms with E-state index in [0.29, 0.717) is 41.3 Å². The monoisotopic (exact) mass is 393 g/mol. The van der Waals surface area contributed by atoms with Gasteiger partial charge in [0.2, 0.25) is 6.79 Å². The minimum atomic E-state index is -0.453. The Morgan fingerprint density at radius 2 is 1.97 bits per heavy atom. The third kappa shape index (κ3) is 3.02. The van der Waals surface area contributed by atoms with Gasteiger partial charge in [-0.2, -0.15) is 0 Å². The molecule has 7 nitrogen and oxygen atoms in total. The highest BCUT2D eigenvalue weighted by Crippen LogP contribution is 2.33. The predicted molar refractivity (Wildman–Crippen MR) is 101 cm³/mol. The van der Waals surface area contributed by atoms with Gasteiger partial charge in [-0.15, -0.1) is 0 Å². The summed E-state index contributed by atoms with van der Waals surface area (Å²) in [5, 5.41) is 0. The van der Waals surface area contributed by atoms with E-state index >= 15 is 0 Å². The maximum absolute atomic E-state index is 14.1. The number of benzene rings is 2. The summed E-state index contributed by atoms with van der Waals surface area (Å²) in [6.45, 7) is 0.686. The van der Waals surface area contributed by atoms with Gasteiger partial charge in [-0.1, -0.05) is 12.1 Å². The van der Waals surface area contributed by atoms with E-state index in [1.54, 1.807) is 41.3 Å². The molecule has 0 bridgehead atoms. The summed E-state index contributed by atoms with van der Waals surface area (Å²) < 4.78 is 24.7. The number of amides is 1. The Morgan fingerprint density at radius 3 is 2.83 bits per heavy atom. The molecular formula is C21H16FN3O4. The third-order valence-corrected chi connectivity index (χ3v) is 5.10. The average molecular weight is 393 g/mol. The molecule has 3 aromatic rings. The highest BCUT2D eigenvalue weighted by Gasteiger charge is 2.27. The van der Waals surface area contributed by atoms with Crippen molar-refractivity contribution in [3.05, 3.63) is 75.5 Å². The van der Waals surface area contributed by atoms with E-state index in [1.807, 2.05) is 0 Å². The smallest absolute Gasteiger partial charge is 0.256 e. The van der Waals surface area contributed by atoms with Gasteiger partial charge in [0.1, 0.15) is 11.6 Å². The molecule has 8 heteroatoms. The fraction of sp³-hybridized carbons (Fsp3) is 0.190. The van der Waals surface area contributed by atoms with Crippen molar-refractivity contribution in [2.45, 2.75) is 13.0 Å². The number of fused-ring (bicyclic) bond motifs is 2. The van der Waals surface area contributed by atoms with Gasteiger partial charge in [-0.05, 0) is 30.3 Å². The van der Waals surface area contributed by atoms with E-state index < -0.39 is 5.82 Å². The molecule has 5 rings (SSSR count). The number of rotatable bonds is 2. The fourth-order valence-electron chi connectivity index (χ4n) is 3.59. The molecule has 29 heavy (non-hydrogen) atoms. The van der Waals surface area contributed by atoms with Crippen LogP contribution in [0.5, 0.6) is 11.5 Å². The van der Waals surface area contributed by atoms with Crippen molar-refractivity contribution in [1.82, 2.24) is 14.9 Å². The SMILES string of the molecule is O=C(c1ccc2c(c1)OCO2)N1CCc2nc(-c3ccccc3F)[nH]c(=O)c2C1. The Morgan fingerprint density at radius 1 is 1.14 bits per heavy atom. The number of nitrogens with one attached hydrogen (secondary N) is 1. The van der Waals surface area contributed by atoms with E-state index in [1.165, 1.54) is 6.07 Å². The van der Waals surface area contributed by atoms with Crippen LogP contribution < -0.4 is 15.0 Å². The summed E-state index contributed by atoms with van der Waals surface area (Å²) in [5.74, 6) is 0.675. The summed E-state index contributed by atoms with van der Waals surface area (Å²) >= 11 is 0. The lowest BCUT2D eigenvalue weighted by Crippen LogP contribution is -2.39. The molecule has 2 aromatic carbocycles. The molecule has 2 aliphatic rings. The van der Waals surface area contributed by atoms with Crippen LogP contribution in [-0.2, 0) is 13.0 Å². The Bertz CT molecular complexity index is 1190. The van der Waals surface area contributed by atoms with Crippen molar-refractivity contribution in [3.63, 3.8) is 0 Å². The number of halogens is 1. The Hall–Kier alpha value is -3.68. The van der Waals surface area contributed by atoms with Crippen LogP contribution in [0.3, 0.4) is 0 Å². The summed E-state index contributed by atoms with van der Waals surface area (Å²) in [7, 11) is 0. The van der Waals surface area contributed by atoms with Gasteiger partial charge < -0.3 is 19.4 Å².